The molecule has 0 aromatic rings. The van der Waals surface area contributed by atoms with Crippen molar-refractivity contribution < 1.29 is 9.53 Å². The van der Waals surface area contributed by atoms with Crippen LogP contribution < -0.4 is 5.32 Å². The maximum absolute atomic E-state index is 12.3. The third-order valence-electron chi connectivity index (χ3n) is 4.13. The number of ether oxygens (including phenoxy) is 1. The van der Waals surface area contributed by atoms with Crippen molar-refractivity contribution in [2.75, 3.05) is 26.2 Å². The molecule has 1 N–H and O–H groups in total. The lowest BCUT2D eigenvalue weighted by molar-refractivity contribution is -0.145. The van der Waals surface area contributed by atoms with Gasteiger partial charge in [0.1, 0.15) is 0 Å². The van der Waals surface area contributed by atoms with Crippen LogP contribution in [0.25, 0.3) is 0 Å². The van der Waals surface area contributed by atoms with Gasteiger partial charge in [-0.1, -0.05) is 0 Å². The Bertz CT molecular complexity index is 264. The summed E-state index contributed by atoms with van der Waals surface area (Å²) < 4.78 is 5.56. The molecule has 0 aromatic carbocycles. The van der Waals surface area contributed by atoms with Gasteiger partial charge in [-0.05, 0) is 45.7 Å². The second kappa shape index (κ2) is 5.83. The minimum absolute atomic E-state index is 0.167. The molecular formula is C13H24N2O2. The van der Waals surface area contributed by atoms with Crippen LogP contribution in [0, 0.1) is 5.92 Å². The van der Waals surface area contributed by atoms with E-state index in [1.54, 1.807) is 0 Å². The molecule has 2 aliphatic heterocycles. The number of morpholine rings is 1. The van der Waals surface area contributed by atoms with E-state index in [1.165, 1.54) is 0 Å². The molecule has 2 rings (SSSR count). The smallest absolute Gasteiger partial charge is 0.223 e. The van der Waals surface area contributed by atoms with Gasteiger partial charge < -0.3 is 15.0 Å². The monoisotopic (exact) mass is 240 g/mol. The summed E-state index contributed by atoms with van der Waals surface area (Å²) in [5, 5.41) is 3.34. The number of carbonyl (C=O) groups excluding carboxylic acids is 1. The molecule has 98 valence electrons. The van der Waals surface area contributed by atoms with Crippen molar-refractivity contribution >= 4 is 5.91 Å². The van der Waals surface area contributed by atoms with Crippen LogP contribution in [0.2, 0.25) is 0 Å². The first kappa shape index (κ1) is 12.8. The van der Waals surface area contributed by atoms with Gasteiger partial charge in [0.15, 0.2) is 0 Å². The van der Waals surface area contributed by atoms with Crippen LogP contribution in [0.3, 0.4) is 0 Å². The van der Waals surface area contributed by atoms with Gasteiger partial charge in [-0.25, -0.2) is 0 Å². The quantitative estimate of drug-likeness (QED) is 0.783. The van der Waals surface area contributed by atoms with E-state index >= 15 is 0 Å². The minimum Gasteiger partial charge on any atom is -0.375 e. The Morgan fingerprint density at radius 3 is 2.76 bits per heavy atom. The summed E-state index contributed by atoms with van der Waals surface area (Å²) in [4.78, 5) is 14.3. The largest absolute Gasteiger partial charge is 0.375 e. The van der Waals surface area contributed by atoms with Crippen molar-refractivity contribution in [2.24, 2.45) is 5.92 Å². The van der Waals surface area contributed by atoms with E-state index in [2.05, 4.69) is 19.2 Å². The molecule has 0 saturated carbocycles. The van der Waals surface area contributed by atoms with Gasteiger partial charge in [-0.3, -0.25) is 4.79 Å². The first-order valence-electron chi connectivity index (χ1n) is 6.80. The van der Waals surface area contributed by atoms with Crippen LogP contribution in [0.4, 0.5) is 0 Å². The van der Waals surface area contributed by atoms with E-state index in [-0.39, 0.29) is 12.1 Å². The van der Waals surface area contributed by atoms with E-state index in [9.17, 15) is 4.79 Å². The fourth-order valence-corrected chi connectivity index (χ4v) is 2.74. The van der Waals surface area contributed by atoms with Crippen molar-refractivity contribution in [3.63, 3.8) is 0 Å². The molecule has 17 heavy (non-hydrogen) atoms. The summed E-state index contributed by atoms with van der Waals surface area (Å²) in [7, 11) is 0. The zero-order valence-electron chi connectivity index (χ0n) is 10.9. The zero-order valence-corrected chi connectivity index (χ0v) is 10.9. The van der Waals surface area contributed by atoms with E-state index < -0.39 is 0 Å². The molecule has 0 aromatic heterocycles. The molecule has 4 nitrogen and oxygen atoms in total. The van der Waals surface area contributed by atoms with Crippen molar-refractivity contribution in [2.45, 2.75) is 45.3 Å². The molecule has 1 amide bonds. The number of rotatable bonds is 2. The van der Waals surface area contributed by atoms with Crippen LogP contribution in [-0.2, 0) is 9.53 Å². The third-order valence-corrected chi connectivity index (χ3v) is 4.13. The van der Waals surface area contributed by atoms with E-state index in [0.717, 1.165) is 38.9 Å². The predicted octanol–water partition coefficient (Wildman–Crippen LogP) is 1.01. The van der Waals surface area contributed by atoms with Gasteiger partial charge in [-0.15, -0.1) is 0 Å². The highest BCUT2D eigenvalue weighted by atomic mass is 16.5. The standard InChI is InChI=1S/C13H24N2O2/c1-10-11(2)17-8-7-15(10)13(16)9-12-3-5-14-6-4-12/h10-12,14H,3-9H2,1-2H3/t10-,11-/m0/s1. The highest BCUT2D eigenvalue weighted by Gasteiger charge is 2.30. The number of amides is 1. The Hall–Kier alpha value is -0.610. The lowest BCUT2D eigenvalue weighted by atomic mass is 9.93. The highest BCUT2D eigenvalue weighted by Crippen LogP contribution is 2.20. The molecule has 4 heteroatoms. The van der Waals surface area contributed by atoms with E-state index in [0.29, 0.717) is 18.4 Å². The summed E-state index contributed by atoms with van der Waals surface area (Å²) in [5.41, 5.74) is 0. The Kier molecular flexibility index (Phi) is 4.40. The fourth-order valence-electron chi connectivity index (χ4n) is 2.74. The molecule has 0 radical (unpaired) electrons. The molecule has 2 atom stereocenters. The number of hydrogen-bond donors (Lipinski definition) is 1. The molecule has 2 heterocycles. The molecule has 0 bridgehead atoms. The van der Waals surface area contributed by atoms with Crippen LogP contribution in [-0.4, -0.2) is 49.2 Å². The summed E-state index contributed by atoms with van der Waals surface area (Å²) in [6, 6.07) is 0.220. The number of hydrogen-bond acceptors (Lipinski definition) is 3. The zero-order chi connectivity index (χ0) is 12.3. The second-order valence-electron chi connectivity index (χ2n) is 5.30. The maximum Gasteiger partial charge on any atom is 0.223 e. The van der Waals surface area contributed by atoms with Crippen molar-refractivity contribution in [1.29, 1.82) is 0 Å². The summed E-state index contributed by atoms with van der Waals surface area (Å²) in [5.74, 6) is 0.897. The number of carbonyl (C=O) groups is 1. The van der Waals surface area contributed by atoms with Gasteiger partial charge in [0.05, 0.1) is 18.8 Å². The van der Waals surface area contributed by atoms with Gasteiger partial charge in [0.2, 0.25) is 5.91 Å². The Morgan fingerprint density at radius 1 is 1.35 bits per heavy atom. The third kappa shape index (κ3) is 3.19. The van der Waals surface area contributed by atoms with Gasteiger partial charge in [0.25, 0.3) is 0 Å². The lowest BCUT2D eigenvalue weighted by Gasteiger charge is -2.38. The lowest BCUT2D eigenvalue weighted by Crippen LogP contribution is -2.51. The molecule has 0 unspecified atom stereocenters. The second-order valence-corrected chi connectivity index (χ2v) is 5.30. The Balaban J connectivity index is 1.85. The summed E-state index contributed by atoms with van der Waals surface area (Å²) >= 11 is 0. The molecule has 0 spiro atoms. The van der Waals surface area contributed by atoms with Gasteiger partial charge in [-0.2, -0.15) is 0 Å². The maximum atomic E-state index is 12.3. The van der Waals surface area contributed by atoms with Crippen LogP contribution in [0.15, 0.2) is 0 Å². The van der Waals surface area contributed by atoms with Gasteiger partial charge in [0, 0.05) is 13.0 Å². The summed E-state index contributed by atoms with van der Waals surface area (Å²) in [6.45, 7) is 7.71. The van der Waals surface area contributed by atoms with Crippen LogP contribution in [0.1, 0.15) is 33.1 Å². The van der Waals surface area contributed by atoms with Crippen LogP contribution >= 0.6 is 0 Å². The summed E-state index contributed by atoms with van der Waals surface area (Å²) in [6.07, 6.45) is 3.17. The average molecular weight is 240 g/mol. The molecule has 2 aliphatic rings. The number of nitrogens with one attached hydrogen (secondary N) is 1. The van der Waals surface area contributed by atoms with E-state index in [4.69, 9.17) is 4.74 Å². The Labute approximate surface area is 104 Å². The molecule has 2 fully saturated rings. The topological polar surface area (TPSA) is 41.6 Å². The fraction of sp³-hybridized carbons (Fsp3) is 0.923. The highest BCUT2D eigenvalue weighted by molar-refractivity contribution is 5.77. The SMILES string of the molecule is C[C@@H]1OCCN(C(=O)CC2CCNCC2)[C@H]1C. The van der Waals surface area contributed by atoms with Crippen molar-refractivity contribution in [3.05, 3.63) is 0 Å². The van der Waals surface area contributed by atoms with E-state index in [1.807, 2.05) is 4.90 Å². The molecule has 2 saturated heterocycles. The van der Waals surface area contributed by atoms with Crippen molar-refractivity contribution in [3.8, 4) is 0 Å². The first-order chi connectivity index (χ1) is 8.18. The normalized spacial score (nSPS) is 31.5. The Morgan fingerprint density at radius 2 is 2.06 bits per heavy atom. The van der Waals surface area contributed by atoms with Crippen LogP contribution in [0.5, 0.6) is 0 Å². The average Bonchev–Trinajstić information content (AvgIpc) is 2.34. The van der Waals surface area contributed by atoms with Crippen molar-refractivity contribution in [1.82, 2.24) is 10.2 Å². The number of nitrogens with zero attached hydrogens (tertiary/aromatic N) is 1. The minimum atomic E-state index is 0.167. The molecule has 0 aliphatic carbocycles. The predicted molar refractivity (Wildman–Crippen MR) is 66.8 cm³/mol. The first-order valence-corrected chi connectivity index (χ1v) is 6.80. The van der Waals surface area contributed by atoms with Gasteiger partial charge >= 0.3 is 0 Å². The molecular weight excluding hydrogens is 216 g/mol. The number of piperidine rings is 1.